The molecule has 3 aliphatic rings. The lowest BCUT2D eigenvalue weighted by molar-refractivity contribution is 0.00578. The fourth-order valence-corrected chi connectivity index (χ4v) is 12.9. The monoisotopic (exact) mass is 1520 g/mol. The Morgan fingerprint density at radius 1 is 0.646 bits per heavy atom. The second kappa shape index (κ2) is 30.8. The first kappa shape index (κ1) is 82.0. The van der Waals surface area contributed by atoms with E-state index in [1.54, 1.807) is 91.0 Å². The molecule has 0 radical (unpaired) electrons. The van der Waals surface area contributed by atoms with Crippen LogP contribution in [-0.2, 0) is 59.4 Å². The summed E-state index contributed by atoms with van der Waals surface area (Å²) in [5.41, 5.74) is -7.42. The summed E-state index contributed by atoms with van der Waals surface area (Å²) in [6, 6.07) is 13.2. The van der Waals surface area contributed by atoms with Crippen molar-refractivity contribution in [1.82, 2.24) is 28.4 Å². The molecule has 4 aromatic rings. The van der Waals surface area contributed by atoms with Crippen molar-refractivity contribution in [3.63, 3.8) is 0 Å². The van der Waals surface area contributed by atoms with Gasteiger partial charge in [0.2, 0.25) is 32.0 Å². The molecule has 0 bridgehead atoms. The van der Waals surface area contributed by atoms with Gasteiger partial charge in [-0.25, -0.2) is 81.1 Å². The minimum Gasteiger partial charge on any atom is -0.443 e. The number of carbonyl (C=O) groups is 3. The fourth-order valence-electron chi connectivity index (χ4n) is 8.83. The van der Waals surface area contributed by atoms with E-state index in [0.717, 1.165) is 59.0 Å². The van der Waals surface area contributed by atoms with Gasteiger partial charge in [-0.15, -0.1) is 4.90 Å². The van der Waals surface area contributed by atoms with Gasteiger partial charge in [-0.2, -0.15) is 0 Å². The standard InChI is InChI=1S/C28H47BFN3O7SSi.C28H33F3N4O6S.C7H4F2IN.CH4/c1-25(2,3)38-24(34)33(19-37-15-16-42(10,11)12)23-31-28(8,18-41(35,36)32(23)9)21-17-20(13-14-22(21)30)29-39-26(4,5)27(6,7)40-29;1-26(2,3)40-24(36)35(25(37)41-27(4,5)6)23-33-28(7,16-42(38,39)34(23)8)19-13-17(9-11-20(19)30)14-21(31)22-12-10-18(29)15-32-22;8-5-1-2-7(11-4-5)6(9)3-10;/h13-14,17H,15-16,18-19H2,1-12H3;9-15H,16H2,1-8H3;1-4H;1H4/b;21-14-;6-3-;/t2*28-;;/m00../s1. The number of hydrogen-bond donors (Lipinski definition) is 0. The van der Waals surface area contributed by atoms with Gasteiger partial charge in [-0.1, -0.05) is 45.3 Å². The maximum atomic E-state index is 15.5. The summed E-state index contributed by atoms with van der Waals surface area (Å²) in [6.07, 6.45) is -0.545. The van der Waals surface area contributed by atoms with Crippen LogP contribution < -0.4 is 5.46 Å². The van der Waals surface area contributed by atoms with Gasteiger partial charge in [-0.3, -0.25) is 9.97 Å². The van der Waals surface area contributed by atoms with Gasteiger partial charge in [0, 0.05) is 44.0 Å². The number of carbonyl (C=O) groups excluding carboxylic acids is 3. The van der Waals surface area contributed by atoms with Crippen LogP contribution in [0, 0.1) is 23.3 Å². The van der Waals surface area contributed by atoms with Crippen LogP contribution in [0.15, 0.2) is 87.1 Å². The predicted molar refractivity (Wildman–Crippen MR) is 370 cm³/mol. The maximum Gasteiger partial charge on any atom is 0.494 e. The molecule has 21 nitrogen and oxygen atoms in total. The van der Waals surface area contributed by atoms with Gasteiger partial charge in [0.25, 0.3) is 0 Å². The van der Waals surface area contributed by atoms with Gasteiger partial charge in [0.05, 0.1) is 46.5 Å². The average Bonchev–Trinajstić information content (AvgIpc) is 0.787. The van der Waals surface area contributed by atoms with E-state index in [2.05, 4.69) is 34.6 Å². The van der Waals surface area contributed by atoms with E-state index < -0.39 is 145 Å². The number of sulfonamides is 2. The molecular formula is C64H88BF6IN8O13S2Si. The van der Waals surface area contributed by atoms with Crippen molar-refractivity contribution >= 4 is 111 Å². The van der Waals surface area contributed by atoms with E-state index in [1.807, 2.05) is 27.7 Å². The Balaban J connectivity index is 0.000000348. The lowest BCUT2D eigenvalue weighted by Gasteiger charge is -2.39. The number of benzene rings is 2. The highest BCUT2D eigenvalue weighted by Gasteiger charge is 2.53. The Labute approximate surface area is 575 Å². The first-order valence-electron chi connectivity index (χ1n) is 29.7. The number of rotatable bonds is 11. The second-order valence-corrected chi connectivity index (χ2v) is 38.4. The number of imide groups is 1. The van der Waals surface area contributed by atoms with Crippen LogP contribution in [0.5, 0.6) is 0 Å². The molecule has 32 heteroatoms. The maximum absolute atomic E-state index is 15.5. The molecule has 5 heterocycles. The van der Waals surface area contributed by atoms with Crippen molar-refractivity contribution in [2.75, 3.05) is 38.9 Å². The molecule has 96 heavy (non-hydrogen) atoms. The van der Waals surface area contributed by atoms with Gasteiger partial charge in [0.1, 0.15) is 63.7 Å². The smallest absolute Gasteiger partial charge is 0.443 e. The molecule has 1 saturated heterocycles. The third-order valence-corrected chi connectivity index (χ3v) is 20.5. The van der Waals surface area contributed by atoms with Crippen LogP contribution in [0.4, 0.5) is 40.7 Å². The number of ether oxygens (including phenoxy) is 4. The molecular weight excluding hydrogens is 1430 g/mol. The summed E-state index contributed by atoms with van der Waals surface area (Å²) in [5.74, 6) is -6.15. The zero-order valence-electron chi connectivity index (χ0n) is 57.0. The third kappa shape index (κ3) is 21.8. The van der Waals surface area contributed by atoms with Crippen molar-refractivity contribution in [2.24, 2.45) is 9.98 Å². The lowest BCUT2D eigenvalue weighted by Crippen LogP contribution is -2.58. The molecule has 1 fully saturated rings. The predicted octanol–water partition coefficient (Wildman–Crippen LogP) is 13.9. The number of hydrogen-bond acceptors (Lipinski definition) is 17. The Morgan fingerprint density at radius 2 is 1.06 bits per heavy atom. The molecule has 3 amide bonds. The first-order chi connectivity index (χ1) is 43.2. The topological polar surface area (TPSA) is 238 Å². The second-order valence-electron chi connectivity index (χ2n) is 28.1. The van der Waals surface area contributed by atoms with Crippen molar-refractivity contribution in [1.29, 1.82) is 0 Å². The van der Waals surface area contributed by atoms with Gasteiger partial charge >= 0.3 is 25.4 Å². The number of pyridine rings is 2. The quantitative estimate of drug-likeness (QED) is 0.0339. The Hall–Kier alpha value is -6.46. The van der Waals surface area contributed by atoms with E-state index in [0.29, 0.717) is 21.3 Å². The van der Waals surface area contributed by atoms with E-state index in [1.165, 1.54) is 61.4 Å². The van der Waals surface area contributed by atoms with E-state index in [-0.39, 0.29) is 48.2 Å². The van der Waals surface area contributed by atoms with Crippen molar-refractivity contribution in [3.05, 3.63) is 128 Å². The van der Waals surface area contributed by atoms with Crippen LogP contribution in [0.25, 0.3) is 17.7 Å². The molecule has 2 aromatic heterocycles. The van der Waals surface area contributed by atoms with E-state index in [4.69, 9.17) is 33.2 Å². The Kier molecular flexibility index (Phi) is 26.3. The lowest BCUT2D eigenvalue weighted by atomic mass is 9.76. The molecule has 0 saturated carbocycles. The fraction of sp³-hybridized carbons (Fsp3) is 0.516. The molecule has 2 atom stereocenters. The van der Waals surface area contributed by atoms with Crippen LogP contribution in [0.2, 0.25) is 25.7 Å². The van der Waals surface area contributed by atoms with Gasteiger partial charge < -0.3 is 28.3 Å². The summed E-state index contributed by atoms with van der Waals surface area (Å²) in [7, 11) is -8.21. The number of nitrogens with zero attached hydrogens (tertiary/aromatic N) is 8. The highest BCUT2D eigenvalue weighted by Crippen LogP contribution is 2.40. The molecule has 3 aliphatic heterocycles. The van der Waals surface area contributed by atoms with Crippen molar-refractivity contribution in [3.8, 4) is 0 Å². The van der Waals surface area contributed by atoms with Crippen LogP contribution in [0.3, 0.4) is 0 Å². The number of aromatic nitrogens is 2. The molecule has 0 aliphatic carbocycles. The average molecular weight is 1520 g/mol. The largest absolute Gasteiger partial charge is 0.494 e. The zero-order chi connectivity index (χ0) is 72.2. The normalized spacial score (nSPS) is 20.0. The highest BCUT2D eigenvalue weighted by molar-refractivity contribution is 14.1. The number of guanidine groups is 2. The van der Waals surface area contributed by atoms with Crippen LogP contribution in [-0.4, -0.2) is 158 Å². The van der Waals surface area contributed by atoms with Gasteiger partial charge in [0.15, 0.2) is 5.83 Å². The third-order valence-electron chi connectivity index (χ3n) is 14.4. The van der Waals surface area contributed by atoms with Crippen molar-refractivity contribution in [2.45, 2.75) is 176 Å². The summed E-state index contributed by atoms with van der Waals surface area (Å²) in [5, 5.41) is 0. The van der Waals surface area contributed by atoms with E-state index >= 15 is 8.78 Å². The SMILES string of the molecule is C.CN1C(N(C(=O)OC(C)(C)C)C(=O)OC(C)(C)C)=N[C@](C)(c2cc(/C=C(\F)c3ccc(F)cn3)ccc2F)CS1(=O)=O.CN1C(N(COCC[Si](C)(C)C)C(=O)OC(C)(C)C)=N[C@](C)(c2cc(B3OC(C)(C)C(C)(C)O3)ccc2F)CS1(=O)=O.F/C(=C\I)c1ccc(F)cn1. The summed E-state index contributed by atoms with van der Waals surface area (Å²) < 4.78 is 175. The zero-order valence-corrected chi connectivity index (χ0v) is 61.8. The molecule has 0 unspecified atom stereocenters. The molecule has 2 aromatic carbocycles. The van der Waals surface area contributed by atoms with Crippen molar-refractivity contribution < 1.29 is 85.8 Å². The van der Waals surface area contributed by atoms with Crippen LogP contribution >= 0.6 is 22.6 Å². The Morgan fingerprint density at radius 3 is 1.49 bits per heavy atom. The molecule has 7 rings (SSSR count). The minimum absolute atomic E-state index is 0. The van der Waals surface area contributed by atoms with Gasteiger partial charge in [-0.05, 0) is 192 Å². The molecule has 0 spiro atoms. The first-order valence-corrected chi connectivity index (χ1v) is 37.9. The number of aliphatic imine (C=N–C) groups is 2. The highest BCUT2D eigenvalue weighted by atomic mass is 127. The summed E-state index contributed by atoms with van der Waals surface area (Å²) >= 11 is 1.75. The van der Waals surface area contributed by atoms with Crippen LogP contribution in [0.1, 0.15) is 139 Å². The Bertz CT molecular complexity index is 3800. The summed E-state index contributed by atoms with van der Waals surface area (Å²) in [4.78, 5) is 57.6. The minimum atomic E-state index is -4.32. The molecule has 530 valence electrons. The molecule has 0 N–H and O–H groups in total. The number of halogens is 7. The number of amides is 3. The van der Waals surface area contributed by atoms with E-state index in [9.17, 15) is 48.8 Å². The summed E-state index contributed by atoms with van der Waals surface area (Å²) in [6.45, 7) is 31.5.